The molecule has 0 amide bonds. The molecule has 0 aromatic rings. The first-order valence-electron chi connectivity index (χ1n) is 10.2. The van der Waals surface area contributed by atoms with E-state index in [1.807, 2.05) is 26.8 Å². The summed E-state index contributed by atoms with van der Waals surface area (Å²) in [6, 6.07) is 0. The Hall–Kier alpha value is -1.29. The smallest absolute Gasteiger partial charge is 0.309 e. The topological polar surface area (TPSA) is 126 Å². The SMILES string of the molecule is C/C1=C\C[C@H](O[C@H]2O[C@H](CO)[C@H](O)[C@H](O)[C@@H]2O)/C(C)=C/[C@@H]2OC(=O)[C@@H](C)[C@@H]2CC1. The molecule has 2 fully saturated rings. The molecule has 1 aliphatic carbocycles. The largest absolute Gasteiger partial charge is 0.458 e. The van der Waals surface area contributed by atoms with Crippen LogP contribution in [0.1, 0.15) is 40.0 Å². The van der Waals surface area contributed by atoms with Gasteiger partial charge in [-0.2, -0.15) is 0 Å². The van der Waals surface area contributed by atoms with Crippen LogP contribution < -0.4 is 0 Å². The summed E-state index contributed by atoms with van der Waals surface area (Å²) in [7, 11) is 0. The van der Waals surface area contributed by atoms with Gasteiger partial charge in [0.2, 0.25) is 0 Å². The Labute approximate surface area is 170 Å². The van der Waals surface area contributed by atoms with Crippen LogP contribution in [0.15, 0.2) is 23.3 Å². The van der Waals surface area contributed by atoms with Gasteiger partial charge in [0.15, 0.2) is 6.29 Å². The molecule has 3 aliphatic rings. The van der Waals surface area contributed by atoms with Crippen LogP contribution in [-0.4, -0.2) is 75.9 Å². The number of allylic oxidation sites excluding steroid dienone is 1. The first kappa shape index (κ1) is 22.4. The molecule has 0 aromatic heterocycles. The molecule has 8 nitrogen and oxygen atoms in total. The predicted octanol–water partition coefficient (Wildman–Crippen LogP) is 0.426. The van der Waals surface area contributed by atoms with E-state index in [0.717, 1.165) is 18.4 Å². The number of carbonyl (C=O) groups is 1. The van der Waals surface area contributed by atoms with Gasteiger partial charge >= 0.3 is 5.97 Å². The zero-order valence-corrected chi connectivity index (χ0v) is 17.1. The Morgan fingerprint density at radius 1 is 1.17 bits per heavy atom. The van der Waals surface area contributed by atoms with Crippen LogP contribution in [0, 0.1) is 11.8 Å². The van der Waals surface area contributed by atoms with Crippen molar-refractivity contribution in [2.75, 3.05) is 6.61 Å². The fraction of sp³-hybridized carbons (Fsp3) is 0.762. The average Bonchev–Trinajstić information content (AvgIpc) is 2.95. The Kier molecular flexibility index (Phi) is 7.14. The highest BCUT2D eigenvalue weighted by Gasteiger charge is 2.45. The van der Waals surface area contributed by atoms with Crippen LogP contribution in [0.25, 0.3) is 0 Å². The molecule has 4 N–H and O–H groups in total. The second-order valence-corrected chi connectivity index (χ2v) is 8.41. The molecule has 8 heteroatoms. The average molecular weight is 412 g/mol. The quantitative estimate of drug-likeness (QED) is 0.388. The predicted molar refractivity (Wildman–Crippen MR) is 103 cm³/mol. The van der Waals surface area contributed by atoms with Crippen molar-refractivity contribution in [1.29, 1.82) is 0 Å². The van der Waals surface area contributed by atoms with Crippen LogP contribution in [0.5, 0.6) is 0 Å². The van der Waals surface area contributed by atoms with Gasteiger partial charge in [0.05, 0.1) is 18.6 Å². The molecule has 2 aliphatic heterocycles. The van der Waals surface area contributed by atoms with Crippen LogP contribution in [0.3, 0.4) is 0 Å². The van der Waals surface area contributed by atoms with E-state index in [-0.39, 0.29) is 23.9 Å². The van der Waals surface area contributed by atoms with E-state index in [1.165, 1.54) is 5.57 Å². The molecule has 0 saturated carbocycles. The van der Waals surface area contributed by atoms with Gasteiger partial charge in [0.1, 0.15) is 30.5 Å². The lowest BCUT2D eigenvalue weighted by molar-refractivity contribution is -0.308. The summed E-state index contributed by atoms with van der Waals surface area (Å²) in [5.74, 6) is -0.274. The number of esters is 1. The number of carbonyl (C=O) groups excluding carboxylic acids is 1. The molecule has 0 unspecified atom stereocenters. The van der Waals surface area contributed by atoms with Crippen molar-refractivity contribution in [1.82, 2.24) is 0 Å². The zero-order chi connectivity index (χ0) is 21.3. The Balaban J connectivity index is 1.82. The second-order valence-electron chi connectivity index (χ2n) is 8.41. The highest BCUT2D eigenvalue weighted by molar-refractivity contribution is 5.75. The highest BCUT2D eigenvalue weighted by Crippen LogP contribution is 2.36. The molecule has 0 bridgehead atoms. The second kappa shape index (κ2) is 9.24. The zero-order valence-electron chi connectivity index (χ0n) is 17.1. The third kappa shape index (κ3) is 4.73. The Morgan fingerprint density at radius 3 is 2.59 bits per heavy atom. The molecule has 164 valence electrons. The molecule has 2 saturated heterocycles. The summed E-state index contributed by atoms with van der Waals surface area (Å²) in [5, 5.41) is 39.6. The Morgan fingerprint density at radius 2 is 1.90 bits per heavy atom. The van der Waals surface area contributed by atoms with Crippen LogP contribution in [0.2, 0.25) is 0 Å². The normalized spacial score (nSPS) is 47.4. The van der Waals surface area contributed by atoms with Crippen molar-refractivity contribution in [3.63, 3.8) is 0 Å². The number of hydrogen-bond donors (Lipinski definition) is 4. The minimum absolute atomic E-state index is 0.0896. The summed E-state index contributed by atoms with van der Waals surface area (Å²) >= 11 is 0. The molecule has 3 rings (SSSR count). The van der Waals surface area contributed by atoms with E-state index >= 15 is 0 Å². The van der Waals surface area contributed by atoms with Gasteiger partial charge in [0.25, 0.3) is 0 Å². The molecule has 0 aromatic carbocycles. The minimum atomic E-state index is -1.49. The van der Waals surface area contributed by atoms with Crippen molar-refractivity contribution in [3.8, 4) is 0 Å². The standard InChI is InChI=1S/C21H32O8/c1-10-4-6-13-12(3)20(26)27-15(13)8-11(2)14(7-5-10)28-21-19(25)18(24)17(23)16(9-22)29-21/h5,8,12-19,21-25H,4,6-7,9H2,1-3H3/b10-5+,11-8+/t12-,13-,14-,15-,16+,17-,18-,19-,21-/m0/s1. The summed E-state index contributed by atoms with van der Waals surface area (Å²) < 4.78 is 17.0. The van der Waals surface area contributed by atoms with Gasteiger partial charge in [-0.3, -0.25) is 4.79 Å². The van der Waals surface area contributed by atoms with Crippen LogP contribution in [0.4, 0.5) is 0 Å². The molecule has 0 radical (unpaired) electrons. The maximum Gasteiger partial charge on any atom is 0.309 e. The number of fused-ring (bicyclic) bond motifs is 1. The van der Waals surface area contributed by atoms with Crippen molar-refractivity contribution < 1.29 is 39.4 Å². The fourth-order valence-corrected chi connectivity index (χ4v) is 4.22. The highest BCUT2D eigenvalue weighted by atomic mass is 16.7. The van der Waals surface area contributed by atoms with Gasteiger partial charge < -0.3 is 34.6 Å². The molecule has 2 heterocycles. The van der Waals surface area contributed by atoms with E-state index < -0.39 is 43.4 Å². The van der Waals surface area contributed by atoms with Gasteiger partial charge in [0, 0.05) is 5.92 Å². The third-order valence-electron chi connectivity index (χ3n) is 6.32. The van der Waals surface area contributed by atoms with Gasteiger partial charge in [-0.25, -0.2) is 0 Å². The first-order chi connectivity index (χ1) is 13.7. The number of hydrogen-bond acceptors (Lipinski definition) is 8. The van der Waals surface area contributed by atoms with Crippen molar-refractivity contribution in [2.24, 2.45) is 11.8 Å². The number of aliphatic hydroxyl groups is 4. The summed E-state index contributed by atoms with van der Waals surface area (Å²) in [6.45, 7) is 5.28. The first-order valence-corrected chi connectivity index (χ1v) is 10.2. The lowest BCUT2D eigenvalue weighted by Gasteiger charge is -2.41. The van der Waals surface area contributed by atoms with Crippen molar-refractivity contribution in [2.45, 2.75) is 82.9 Å². The number of aliphatic hydroxyl groups excluding tert-OH is 4. The van der Waals surface area contributed by atoms with Crippen LogP contribution in [-0.2, 0) is 19.0 Å². The summed E-state index contributed by atoms with van der Waals surface area (Å²) in [6.07, 6.45) is -1.25. The van der Waals surface area contributed by atoms with E-state index in [4.69, 9.17) is 14.2 Å². The lowest BCUT2D eigenvalue weighted by atomic mass is 9.84. The molecule has 0 spiro atoms. The fourth-order valence-electron chi connectivity index (χ4n) is 4.22. The number of rotatable bonds is 3. The van der Waals surface area contributed by atoms with Gasteiger partial charge in [-0.05, 0) is 44.8 Å². The van der Waals surface area contributed by atoms with Crippen LogP contribution >= 0.6 is 0 Å². The van der Waals surface area contributed by atoms with E-state index in [2.05, 4.69) is 6.08 Å². The van der Waals surface area contributed by atoms with Crippen molar-refractivity contribution >= 4 is 5.97 Å². The maximum absolute atomic E-state index is 12.1. The third-order valence-corrected chi connectivity index (χ3v) is 6.32. The van der Waals surface area contributed by atoms with Gasteiger partial charge in [-0.1, -0.05) is 18.6 Å². The van der Waals surface area contributed by atoms with Gasteiger partial charge in [-0.15, -0.1) is 0 Å². The van der Waals surface area contributed by atoms with Crippen molar-refractivity contribution in [3.05, 3.63) is 23.3 Å². The molecule has 29 heavy (non-hydrogen) atoms. The van der Waals surface area contributed by atoms with E-state index in [0.29, 0.717) is 6.42 Å². The monoisotopic (exact) mass is 412 g/mol. The molecular weight excluding hydrogens is 380 g/mol. The lowest BCUT2D eigenvalue weighted by Crippen LogP contribution is -2.59. The minimum Gasteiger partial charge on any atom is -0.458 e. The summed E-state index contributed by atoms with van der Waals surface area (Å²) in [5.41, 5.74) is 2.00. The molecule has 9 atom stereocenters. The maximum atomic E-state index is 12.1. The Bertz CT molecular complexity index is 657. The summed E-state index contributed by atoms with van der Waals surface area (Å²) in [4.78, 5) is 12.1. The van der Waals surface area contributed by atoms with E-state index in [1.54, 1.807) is 0 Å². The van der Waals surface area contributed by atoms with E-state index in [9.17, 15) is 25.2 Å². The molecular formula is C21H32O8. The number of ether oxygens (including phenoxy) is 3.